The van der Waals surface area contributed by atoms with Crippen molar-refractivity contribution in [3.05, 3.63) is 36.5 Å². The molecule has 6 nitrogen and oxygen atoms in total. The molecular formula is C43H81NO5. The first-order valence-electron chi connectivity index (χ1n) is 20.9. The van der Waals surface area contributed by atoms with Gasteiger partial charge >= 0.3 is 0 Å². The molecule has 49 heavy (non-hydrogen) atoms. The first-order chi connectivity index (χ1) is 24.0. The zero-order chi connectivity index (χ0) is 36.0. The van der Waals surface area contributed by atoms with Crippen LogP contribution in [-0.4, -0.2) is 57.3 Å². The van der Waals surface area contributed by atoms with Gasteiger partial charge < -0.3 is 25.7 Å². The lowest BCUT2D eigenvalue weighted by molar-refractivity contribution is -0.132. The molecule has 0 heterocycles. The molecule has 0 saturated heterocycles. The van der Waals surface area contributed by atoms with E-state index in [0.717, 1.165) is 51.4 Å². The van der Waals surface area contributed by atoms with Crippen molar-refractivity contribution in [1.82, 2.24) is 5.32 Å². The molecule has 0 aromatic heterocycles. The number of rotatable bonds is 37. The van der Waals surface area contributed by atoms with E-state index in [0.29, 0.717) is 19.3 Å². The molecule has 0 rings (SSSR count). The van der Waals surface area contributed by atoms with Gasteiger partial charge in [0.05, 0.1) is 18.8 Å². The van der Waals surface area contributed by atoms with Crippen molar-refractivity contribution in [1.29, 1.82) is 0 Å². The third-order valence-corrected chi connectivity index (χ3v) is 9.55. The van der Waals surface area contributed by atoms with Gasteiger partial charge in [0.2, 0.25) is 5.91 Å². The van der Waals surface area contributed by atoms with E-state index >= 15 is 0 Å². The van der Waals surface area contributed by atoms with Gasteiger partial charge in [0.15, 0.2) is 0 Å². The van der Waals surface area contributed by atoms with Crippen LogP contribution in [0.15, 0.2) is 36.5 Å². The van der Waals surface area contributed by atoms with Gasteiger partial charge in [-0.25, -0.2) is 0 Å². The minimum atomic E-state index is -1.29. The summed E-state index contributed by atoms with van der Waals surface area (Å²) in [4.78, 5) is 12.5. The average Bonchev–Trinajstić information content (AvgIpc) is 3.11. The Morgan fingerprint density at radius 3 is 1.31 bits per heavy atom. The van der Waals surface area contributed by atoms with E-state index in [1.54, 1.807) is 0 Å². The number of nitrogens with one attached hydrogen (secondary N) is 1. The summed E-state index contributed by atoms with van der Waals surface area (Å²) >= 11 is 0. The Labute approximate surface area is 303 Å². The highest BCUT2D eigenvalue weighted by Gasteiger charge is 2.28. The first kappa shape index (κ1) is 47.5. The van der Waals surface area contributed by atoms with E-state index in [2.05, 4.69) is 55.6 Å². The highest BCUT2D eigenvalue weighted by molar-refractivity contribution is 5.80. The molecule has 0 aromatic rings. The van der Waals surface area contributed by atoms with Crippen molar-refractivity contribution < 1.29 is 25.2 Å². The van der Waals surface area contributed by atoms with E-state index in [4.69, 9.17) is 0 Å². The summed E-state index contributed by atoms with van der Waals surface area (Å²) in [5, 5.41) is 43.5. The summed E-state index contributed by atoms with van der Waals surface area (Å²) in [6, 6.07) is -1.01. The summed E-state index contributed by atoms with van der Waals surface area (Å²) in [5.41, 5.74) is 0. The van der Waals surface area contributed by atoms with Gasteiger partial charge in [-0.1, -0.05) is 159 Å². The quantitative estimate of drug-likeness (QED) is 0.0329. The van der Waals surface area contributed by atoms with Crippen LogP contribution in [0.1, 0.15) is 200 Å². The number of carbonyl (C=O) groups excluding carboxylic acids is 1. The molecule has 4 unspecified atom stereocenters. The van der Waals surface area contributed by atoms with Gasteiger partial charge in [-0.15, -0.1) is 0 Å². The van der Waals surface area contributed by atoms with Crippen LogP contribution in [0.25, 0.3) is 0 Å². The fraction of sp³-hybridized carbons (Fsp3) is 0.837. The van der Waals surface area contributed by atoms with Crippen LogP contribution < -0.4 is 5.32 Å². The second-order valence-corrected chi connectivity index (χ2v) is 14.3. The fourth-order valence-electron chi connectivity index (χ4n) is 6.18. The molecular weight excluding hydrogens is 610 g/mol. The predicted octanol–water partition coefficient (Wildman–Crippen LogP) is 10.6. The van der Waals surface area contributed by atoms with Gasteiger partial charge in [-0.2, -0.15) is 0 Å². The van der Waals surface area contributed by atoms with Crippen molar-refractivity contribution in [2.45, 2.75) is 224 Å². The third-order valence-electron chi connectivity index (χ3n) is 9.55. The van der Waals surface area contributed by atoms with Gasteiger partial charge in [0.1, 0.15) is 12.2 Å². The van der Waals surface area contributed by atoms with Crippen LogP contribution in [0.5, 0.6) is 0 Å². The molecule has 0 saturated carbocycles. The molecule has 0 fully saturated rings. The monoisotopic (exact) mass is 692 g/mol. The lowest BCUT2D eigenvalue weighted by Gasteiger charge is -2.27. The molecule has 0 radical (unpaired) electrons. The minimum absolute atomic E-state index is 0.352. The van der Waals surface area contributed by atoms with Gasteiger partial charge in [0.25, 0.3) is 0 Å². The summed E-state index contributed by atoms with van der Waals surface area (Å²) in [6.07, 6.45) is 43.1. The molecule has 1 amide bonds. The highest BCUT2D eigenvalue weighted by atomic mass is 16.3. The van der Waals surface area contributed by atoms with Crippen molar-refractivity contribution in [2.24, 2.45) is 0 Å². The van der Waals surface area contributed by atoms with Crippen LogP contribution in [0.2, 0.25) is 0 Å². The number of amides is 1. The molecule has 288 valence electrons. The average molecular weight is 692 g/mol. The zero-order valence-electron chi connectivity index (χ0n) is 32.2. The number of aliphatic hydroxyl groups excluding tert-OH is 4. The minimum Gasteiger partial charge on any atom is -0.394 e. The Balaban J connectivity index is 3.85. The largest absolute Gasteiger partial charge is 0.394 e. The molecule has 4 atom stereocenters. The molecule has 0 aliphatic rings. The number of unbranched alkanes of at least 4 members (excludes halogenated alkanes) is 22. The number of carbonyl (C=O) groups is 1. The SMILES string of the molecule is CCCCCC/C=C\CCCCCCCCC(O)C(=O)NC(CO)C(O)C(O)CCC/C=C/CC/C=C/CCCCCCCCCCCC. The Morgan fingerprint density at radius 2 is 0.857 bits per heavy atom. The maximum Gasteiger partial charge on any atom is 0.249 e. The number of allylic oxidation sites excluding steroid dienone is 6. The Kier molecular flexibility index (Phi) is 36.6. The van der Waals surface area contributed by atoms with Crippen molar-refractivity contribution in [2.75, 3.05) is 6.61 Å². The molecule has 0 spiro atoms. The standard InChI is InChI=1S/C43H81NO5/c1-3-5-7-9-11-13-15-17-19-20-21-22-23-25-26-28-30-32-34-36-40(46)42(48)39(38-45)44-43(49)41(47)37-35-33-31-29-27-24-18-16-14-12-10-8-6-4-2/h14,16,22-23,28,30,39-42,45-48H,3-13,15,17-21,24-27,29,31-38H2,1-2H3,(H,44,49)/b16-14-,23-22+,30-28+. The van der Waals surface area contributed by atoms with Crippen molar-refractivity contribution in [3.8, 4) is 0 Å². The van der Waals surface area contributed by atoms with Crippen LogP contribution in [0.3, 0.4) is 0 Å². The van der Waals surface area contributed by atoms with Gasteiger partial charge in [0, 0.05) is 0 Å². The number of aliphatic hydroxyl groups is 4. The fourth-order valence-corrected chi connectivity index (χ4v) is 6.18. The predicted molar refractivity (Wildman–Crippen MR) is 210 cm³/mol. The first-order valence-corrected chi connectivity index (χ1v) is 20.9. The molecule has 5 N–H and O–H groups in total. The van der Waals surface area contributed by atoms with Gasteiger partial charge in [-0.3, -0.25) is 4.79 Å². The lowest BCUT2D eigenvalue weighted by atomic mass is 10.00. The summed E-state index contributed by atoms with van der Waals surface area (Å²) < 4.78 is 0. The Morgan fingerprint density at radius 1 is 0.490 bits per heavy atom. The van der Waals surface area contributed by atoms with E-state index in [-0.39, 0.29) is 0 Å². The van der Waals surface area contributed by atoms with Gasteiger partial charge in [-0.05, 0) is 77.0 Å². The van der Waals surface area contributed by atoms with Crippen LogP contribution in [0.4, 0.5) is 0 Å². The van der Waals surface area contributed by atoms with E-state index < -0.39 is 36.9 Å². The smallest absolute Gasteiger partial charge is 0.249 e. The second kappa shape index (κ2) is 37.8. The highest BCUT2D eigenvalue weighted by Crippen LogP contribution is 2.14. The summed E-state index contributed by atoms with van der Waals surface area (Å²) in [5.74, 6) is -0.604. The third kappa shape index (κ3) is 32.2. The zero-order valence-corrected chi connectivity index (χ0v) is 32.2. The van der Waals surface area contributed by atoms with Crippen LogP contribution in [-0.2, 0) is 4.79 Å². The van der Waals surface area contributed by atoms with Crippen LogP contribution in [0, 0.1) is 0 Å². The van der Waals surface area contributed by atoms with E-state index in [1.807, 2.05) is 0 Å². The van der Waals surface area contributed by atoms with Crippen molar-refractivity contribution in [3.63, 3.8) is 0 Å². The number of hydrogen-bond acceptors (Lipinski definition) is 5. The molecule has 0 aliphatic heterocycles. The molecule has 0 aromatic carbocycles. The van der Waals surface area contributed by atoms with Crippen LogP contribution >= 0.6 is 0 Å². The topological polar surface area (TPSA) is 110 Å². The summed E-state index contributed by atoms with van der Waals surface area (Å²) in [6.45, 7) is 4.01. The normalized spacial score (nSPS) is 14.7. The molecule has 6 heteroatoms. The Hall–Kier alpha value is -1.47. The molecule has 0 aliphatic carbocycles. The second-order valence-electron chi connectivity index (χ2n) is 14.3. The van der Waals surface area contributed by atoms with Crippen molar-refractivity contribution >= 4 is 5.91 Å². The molecule has 0 bridgehead atoms. The number of hydrogen-bond donors (Lipinski definition) is 5. The van der Waals surface area contributed by atoms with E-state index in [1.165, 1.54) is 116 Å². The Bertz CT molecular complexity index is 782. The maximum atomic E-state index is 12.5. The summed E-state index contributed by atoms with van der Waals surface area (Å²) in [7, 11) is 0. The maximum absolute atomic E-state index is 12.5. The lowest BCUT2D eigenvalue weighted by Crippen LogP contribution is -2.53. The van der Waals surface area contributed by atoms with E-state index in [9.17, 15) is 25.2 Å².